The Kier molecular flexibility index (Phi) is 5.48. The molecule has 0 aromatic heterocycles. The number of benzene rings is 1. The van der Waals surface area contributed by atoms with Gasteiger partial charge in [-0.1, -0.05) is 0 Å². The fourth-order valence-electron chi connectivity index (χ4n) is 1.46. The van der Waals surface area contributed by atoms with Gasteiger partial charge in [-0.3, -0.25) is 25.0 Å². The van der Waals surface area contributed by atoms with Crippen LogP contribution in [0, 0.1) is 20.2 Å². The molecule has 0 radical (unpaired) electrons. The van der Waals surface area contributed by atoms with Crippen LogP contribution in [0.4, 0.5) is 11.4 Å². The highest BCUT2D eigenvalue weighted by Crippen LogP contribution is 2.28. The first-order valence-electron chi connectivity index (χ1n) is 5.68. The second-order valence-corrected chi connectivity index (χ2v) is 5.63. The molecule has 0 aliphatic heterocycles. The van der Waals surface area contributed by atoms with E-state index in [4.69, 9.17) is 0 Å². The number of esters is 1. The summed E-state index contributed by atoms with van der Waals surface area (Å²) in [5.41, 5.74) is -1.54. The van der Waals surface area contributed by atoms with Gasteiger partial charge in [0.15, 0.2) is 4.90 Å². The van der Waals surface area contributed by atoms with Crippen LogP contribution in [0.25, 0.3) is 0 Å². The molecule has 0 unspecified atom stereocenters. The molecule has 1 N–H and O–H groups in total. The van der Waals surface area contributed by atoms with Crippen molar-refractivity contribution in [3.8, 4) is 0 Å². The molecule has 0 amide bonds. The van der Waals surface area contributed by atoms with E-state index in [1.807, 2.05) is 4.72 Å². The second-order valence-electron chi connectivity index (χ2n) is 3.89. The largest absolute Gasteiger partial charge is 0.469 e. The number of nitrogens with zero attached hydrogens (tertiary/aromatic N) is 2. The number of ether oxygens (including phenoxy) is 1. The standard InChI is InChI=1S/C10H11N3O8S/c1-21-10(14)4-5-11-22(19,20)9-3-2-7(12(15)16)6-8(9)13(17)18/h2-3,6,11H,4-5H2,1H3. The molecule has 12 heteroatoms. The van der Waals surface area contributed by atoms with Crippen LogP contribution in [0.2, 0.25) is 0 Å². The highest BCUT2D eigenvalue weighted by Gasteiger charge is 2.28. The Morgan fingerprint density at radius 1 is 1.27 bits per heavy atom. The van der Waals surface area contributed by atoms with Gasteiger partial charge in [0.25, 0.3) is 11.4 Å². The summed E-state index contributed by atoms with van der Waals surface area (Å²) in [4.78, 5) is 29.7. The number of carbonyl (C=O) groups is 1. The van der Waals surface area contributed by atoms with Crippen LogP contribution in [0.5, 0.6) is 0 Å². The summed E-state index contributed by atoms with van der Waals surface area (Å²) in [5, 5.41) is 21.5. The molecule has 0 saturated carbocycles. The van der Waals surface area contributed by atoms with Gasteiger partial charge in [-0.2, -0.15) is 0 Å². The first-order chi connectivity index (χ1) is 10.2. The first-order valence-corrected chi connectivity index (χ1v) is 7.16. The van der Waals surface area contributed by atoms with Gasteiger partial charge in [-0.15, -0.1) is 0 Å². The summed E-state index contributed by atoms with van der Waals surface area (Å²) in [6.07, 6.45) is -0.267. The summed E-state index contributed by atoms with van der Waals surface area (Å²) < 4.78 is 30.2. The molecular weight excluding hydrogens is 322 g/mol. The number of non-ortho nitro benzene ring substituents is 1. The second kappa shape index (κ2) is 6.91. The molecule has 0 saturated heterocycles. The van der Waals surface area contributed by atoms with E-state index in [1.54, 1.807) is 0 Å². The van der Waals surface area contributed by atoms with Gasteiger partial charge in [0.1, 0.15) is 0 Å². The van der Waals surface area contributed by atoms with Crippen LogP contribution in [0.3, 0.4) is 0 Å². The number of methoxy groups -OCH3 is 1. The Morgan fingerprint density at radius 3 is 2.41 bits per heavy atom. The average Bonchev–Trinajstić information content (AvgIpc) is 2.45. The molecular formula is C10H11N3O8S. The van der Waals surface area contributed by atoms with Gasteiger partial charge in [0, 0.05) is 12.6 Å². The third-order valence-corrected chi connectivity index (χ3v) is 4.00. The maximum Gasteiger partial charge on any atom is 0.306 e. The van der Waals surface area contributed by atoms with Crippen molar-refractivity contribution in [3.05, 3.63) is 38.4 Å². The van der Waals surface area contributed by atoms with E-state index in [2.05, 4.69) is 4.74 Å². The maximum atomic E-state index is 12.0. The minimum absolute atomic E-state index is 0.267. The lowest BCUT2D eigenvalue weighted by Crippen LogP contribution is -2.27. The molecule has 0 aliphatic rings. The molecule has 0 atom stereocenters. The van der Waals surface area contributed by atoms with E-state index in [-0.39, 0.29) is 13.0 Å². The van der Waals surface area contributed by atoms with Crippen LogP contribution in [-0.2, 0) is 19.6 Å². The molecule has 0 aliphatic carbocycles. The number of nitrogens with one attached hydrogen (secondary N) is 1. The van der Waals surface area contributed by atoms with Gasteiger partial charge in [-0.05, 0) is 6.07 Å². The number of nitro groups is 2. The summed E-state index contributed by atoms with van der Waals surface area (Å²) in [5.74, 6) is -0.666. The first kappa shape index (κ1) is 17.5. The van der Waals surface area contributed by atoms with Crippen molar-refractivity contribution in [3.63, 3.8) is 0 Å². The van der Waals surface area contributed by atoms with Crippen molar-refractivity contribution in [2.45, 2.75) is 11.3 Å². The van der Waals surface area contributed by atoms with Gasteiger partial charge < -0.3 is 4.74 Å². The number of nitro benzene ring substituents is 2. The molecule has 0 bridgehead atoms. The fourth-order valence-corrected chi connectivity index (χ4v) is 2.64. The number of rotatable bonds is 7. The maximum absolute atomic E-state index is 12.0. The monoisotopic (exact) mass is 333 g/mol. The SMILES string of the molecule is COC(=O)CCNS(=O)(=O)c1ccc([N+](=O)[O-])cc1[N+](=O)[O-]. The van der Waals surface area contributed by atoms with E-state index in [1.165, 1.54) is 0 Å². The Balaban J connectivity index is 3.10. The van der Waals surface area contributed by atoms with E-state index in [0.29, 0.717) is 6.07 Å². The molecule has 1 rings (SSSR count). The highest BCUT2D eigenvalue weighted by molar-refractivity contribution is 7.89. The Labute approximate surface area is 124 Å². The molecule has 11 nitrogen and oxygen atoms in total. The van der Waals surface area contributed by atoms with Gasteiger partial charge >= 0.3 is 5.97 Å². The smallest absolute Gasteiger partial charge is 0.306 e. The van der Waals surface area contributed by atoms with Gasteiger partial charge in [0.05, 0.1) is 29.4 Å². The van der Waals surface area contributed by atoms with E-state index in [9.17, 15) is 33.4 Å². The summed E-state index contributed by atoms with van der Waals surface area (Å²) in [6, 6.07) is 2.15. The molecule has 1 aromatic rings. The lowest BCUT2D eigenvalue weighted by Gasteiger charge is -2.06. The van der Waals surface area contributed by atoms with Crippen LogP contribution >= 0.6 is 0 Å². The summed E-state index contributed by atoms with van der Waals surface area (Å²) in [6.45, 7) is -0.330. The van der Waals surface area contributed by atoms with Crippen molar-refractivity contribution in [1.29, 1.82) is 0 Å². The zero-order valence-corrected chi connectivity index (χ0v) is 12.0. The molecule has 22 heavy (non-hydrogen) atoms. The predicted octanol–water partition coefficient (Wildman–Crippen LogP) is 0.344. The third-order valence-electron chi connectivity index (χ3n) is 2.49. The summed E-state index contributed by atoms with van der Waals surface area (Å²) >= 11 is 0. The van der Waals surface area contributed by atoms with E-state index < -0.39 is 42.1 Å². The quantitative estimate of drug-likeness (QED) is 0.425. The number of hydrogen-bond donors (Lipinski definition) is 1. The molecule has 1 aromatic carbocycles. The Bertz CT molecular complexity index is 715. The van der Waals surface area contributed by atoms with Crippen molar-refractivity contribution in [1.82, 2.24) is 4.72 Å². The number of hydrogen-bond acceptors (Lipinski definition) is 8. The predicted molar refractivity (Wildman–Crippen MR) is 71.6 cm³/mol. The van der Waals surface area contributed by atoms with E-state index >= 15 is 0 Å². The third kappa shape index (κ3) is 4.20. The lowest BCUT2D eigenvalue weighted by molar-refractivity contribution is -0.396. The minimum Gasteiger partial charge on any atom is -0.469 e. The zero-order chi connectivity index (χ0) is 16.9. The van der Waals surface area contributed by atoms with Gasteiger partial charge in [0.2, 0.25) is 10.0 Å². The fraction of sp³-hybridized carbons (Fsp3) is 0.300. The molecule has 0 spiro atoms. The van der Waals surface area contributed by atoms with Crippen LogP contribution in [0.15, 0.2) is 23.1 Å². The molecule has 0 fully saturated rings. The number of carbonyl (C=O) groups excluding carboxylic acids is 1. The topological polar surface area (TPSA) is 159 Å². The van der Waals surface area contributed by atoms with Crippen molar-refractivity contribution >= 4 is 27.4 Å². The van der Waals surface area contributed by atoms with Crippen molar-refractivity contribution < 1.29 is 27.8 Å². The van der Waals surface area contributed by atoms with Crippen LogP contribution in [-0.4, -0.2) is 37.9 Å². The minimum atomic E-state index is -4.30. The van der Waals surface area contributed by atoms with Crippen LogP contribution in [0.1, 0.15) is 6.42 Å². The zero-order valence-electron chi connectivity index (χ0n) is 11.2. The van der Waals surface area contributed by atoms with Crippen molar-refractivity contribution in [2.75, 3.05) is 13.7 Å². The lowest BCUT2D eigenvalue weighted by atomic mass is 10.3. The normalized spacial score (nSPS) is 11.0. The highest BCUT2D eigenvalue weighted by atomic mass is 32.2. The average molecular weight is 333 g/mol. The molecule has 120 valence electrons. The van der Waals surface area contributed by atoms with Crippen molar-refractivity contribution in [2.24, 2.45) is 0 Å². The summed E-state index contributed by atoms with van der Waals surface area (Å²) in [7, 11) is -3.18. The number of sulfonamides is 1. The van der Waals surface area contributed by atoms with Gasteiger partial charge in [-0.25, -0.2) is 13.1 Å². The Hall–Kier alpha value is -2.60. The Morgan fingerprint density at radius 2 is 1.91 bits per heavy atom. The van der Waals surface area contributed by atoms with Crippen LogP contribution < -0.4 is 4.72 Å². The molecule has 0 heterocycles. The van der Waals surface area contributed by atoms with E-state index in [0.717, 1.165) is 19.2 Å².